The van der Waals surface area contributed by atoms with Crippen LogP contribution in [0.2, 0.25) is 5.02 Å². The Morgan fingerprint density at radius 2 is 1.96 bits per heavy atom. The highest BCUT2D eigenvalue weighted by atomic mass is 35.5. The fourth-order valence-corrected chi connectivity index (χ4v) is 2.44. The van der Waals surface area contributed by atoms with E-state index in [4.69, 9.17) is 11.6 Å². The first-order valence-electron chi connectivity index (χ1n) is 8.03. The van der Waals surface area contributed by atoms with Crippen LogP contribution in [-0.4, -0.2) is 54.9 Å². The first kappa shape index (κ1) is 19.3. The van der Waals surface area contributed by atoms with Gasteiger partial charge in [-0.3, -0.25) is 4.79 Å². The molecule has 0 saturated carbocycles. The van der Waals surface area contributed by atoms with E-state index in [1.54, 1.807) is 0 Å². The lowest BCUT2D eigenvalue weighted by atomic mass is 10.2. The van der Waals surface area contributed by atoms with Crippen molar-refractivity contribution in [1.29, 1.82) is 0 Å². The van der Waals surface area contributed by atoms with Crippen molar-refractivity contribution in [1.82, 2.24) is 15.1 Å². The molecule has 1 aromatic rings. The maximum absolute atomic E-state index is 12.2. The van der Waals surface area contributed by atoms with Crippen molar-refractivity contribution in [2.45, 2.75) is 27.3 Å². The molecule has 0 atom stereocenters. The highest BCUT2D eigenvalue weighted by Gasteiger charge is 2.14. The van der Waals surface area contributed by atoms with Gasteiger partial charge in [0.25, 0.3) is 0 Å². The largest absolute Gasteiger partial charge is 0.357 e. The zero-order valence-corrected chi connectivity index (χ0v) is 15.2. The third-order valence-electron chi connectivity index (χ3n) is 3.49. The molecule has 5 nitrogen and oxygen atoms in total. The molecule has 0 unspecified atom stereocenters. The quantitative estimate of drug-likeness (QED) is 0.614. The number of carbonyl (C=O) groups is 1. The second kappa shape index (κ2) is 10.1. The lowest BCUT2D eigenvalue weighted by molar-refractivity contribution is -0.131. The topological polar surface area (TPSA) is 47.9 Å². The zero-order valence-electron chi connectivity index (χ0n) is 14.5. The Kier molecular flexibility index (Phi) is 8.48. The van der Waals surface area contributed by atoms with Crippen molar-refractivity contribution in [3.05, 3.63) is 34.9 Å². The van der Waals surface area contributed by atoms with E-state index in [-0.39, 0.29) is 5.91 Å². The minimum atomic E-state index is 0.103. The molecule has 128 valence electrons. The van der Waals surface area contributed by atoms with Gasteiger partial charge in [0.2, 0.25) is 5.91 Å². The number of nitrogens with one attached hydrogen (secondary N) is 1. The average molecular weight is 339 g/mol. The molecule has 1 rings (SSSR count). The number of rotatable bonds is 7. The number of halogens is 1. The van der Waals surface area contributed by atoms with Crippen LogP contribution >= 0.6 is 11.6 Å². The molecule has 0 heterocycles. The Morgan fingerprint density at radius 1 is 1.26 bits per heavy atom. The van der Waals surface area contributed by atoms with Crippen LogP contribution in [-0.2, 0) is 11.3 Å². The summed E-state index contributed by atoms with van der Waals surface area (Å²) >= 11 is 5.99. The summed E-state index contributed by atoms with van der Waals surface area (Å²) in [6.07, 6.45) is 0. The molecule has 0 aliphatic carbocycles. The maximum Gasteiger partial charge on any atom is 0.242 e. The van der Waals surface area contributed by atoms with Crippen LogP contribution in [0.1, 0.15) is 26.3 Å². The third-order valence-corrected chi connectivity index (χ3v) is 3.72. The van der Waals surface area contributed by atoms with Crippen molar-refractivity contribution < 1.29 is 4.79 Å². The molecule has 0 fully saturated rings. The summed E-state index contributed by atoms with van der Waals surface area (Å²) in [6, 6.07) is 7.64. The van der Waals surface area contributed by atoms with Crippen LogP contribution in [0.3, 0.4) is 0 Å². The van der Waals surface area contributed by atoms with E-state index in [0.29, 0.717) is 24.1 Å². The second-order valence-corrected chi connectivity index (χ2v) is 5.66. The summed E-state index contributed by atoms with van der Waals surface area (Å²) in [4.78, 5) is 20.5. The molecule has 6 heteroatoms. The van der Waals surface area contributed by atoms with E-state index in [2.05, 4.69) is 10.3 Å². The summed E-state index contributed by atoms with van der Waals surface area (Å²) in [5.74, 6) is 0.818. The molecule has 0 aliphatic rings. The van der Waals surface area contributed by atoms with Crippen LogP contribution < -0.4 is 5.32 Å². The van der Waals surface area contributed by atoms with Crippen LogP contribution in [0, 0.1) is 0 Å². The number of carbonyl (C=O) groups excluding carboxylic acids is 1. The molecule has 1 N–H and O–H groups in total. The molecule has 0 bridgehead atoms. The first-order valence-corrected chi connectivity index (χ1v) is 8.41. The van der Waals surface area contributed by atoms with Crippen LogP contribution in [0.25, 0.3) is 0 Å². The van der Waals surface area contributed by atoms with Gasteiger partial charge in [-0.1, -0.05) is 23.7 Å². The van der Waals surface area contributed by atoms with Gasteiger partial charge in [-0.05, 0) is 38.5 Å². The van der Waals surface area contributed by atoms with Crippen molar-refractivity contribution in [2.24, 2.45) is 4.99 Å². The summed E-state index contributed by atoms with van der Waals surface area (Å²) in [5, 5.41) is 3.92. The molecule has 0 aliphatic heterocycles. The molecular formula is C17H27ClN4O. The summed E-state index contributed by atoms with van der Waals surface area (Å²) < 4.78 is 0. The number of hydrogen-bond donors (Lipinski definition) is 1. The molecule has 0 saturated heterocycles. The van der Waals surface area contributed by atoms with Gasteiger partial charge in [0, 0.05) is 31.7 Å². The van der Waals surface area contributed by atoms with Gasteiger partial charge in [0.1, 0.15) is 0 Å². The zero-order chi connectivity index (χ0) is 17.2. The van der Waals surface area contributed by atoms with Crippen molar-refractivity contribution in [3.8, 4) is 0 Å². The number of aliphatic imine (C=N–C) groups is 1. The van der Waals surface area contributed by atoms with E-state index in [9.17, 15) is 4.79 Å². The molecular weight excluding hydrogens is 312 g/mol. The van der Waals surface area contributed by atoms with Gasteiger partial charge in [-0.15, -0.1) is 0 Å². The van der Waals surface area contributed by atoms with E-state index in [0.717, 1.165) is 25.2 Å². The monoisotopic (exact) mass is 338 g/mol. The molecule has 0 radical (unpaired) electrons. The number of likely N-dealkylation sites (N-methyl/N-ethyl adjacent to an activating group) is 2. The predicted molar refractivity (Wildman–Crippen MR) is 96.8 cm³/mol. The average Bonchev–Trinajstić information content (AvgIpc) is 2.52. The van der Waals surface area contributed by atoms with Gasteiger partial charge in [-0.2, -0.15) is 0 Å². The molecule has 1 aromatic carbocycles. The number of nitrogens with zero attached hydrogens (tertiary/aromatic N) is 3. The number of hydrogen-bond acceptors (Lipinski definition) is 2. The minimum absolute atomic E-state index is 0.103. The summed E-state index contributed by atoms with van der Waals surface area (Å²) in [7, 11) is 1.88. The Labute approximate surface area is 144 Å². The SMILES string of the molecule is CCNC(=NCc1cccc(Cl)c1)N(C)CC(=O)N(CC)CC. The predicted octanol–water partition coefficient (Wildman–Crippen LogP) is 2.61. The highest BCUT2D eigenvalue weighted by molar-refractivity contribution is 6.30. The molecule has 1 amide bonds. The third kappa shape index (κ3) is 6.48. The summed E-state index contributed by atoms with van der Waals surface area (Å²) in [5.41, 5.74) is 1.04. The summed E-state index contributed by atoms with van der Waals surface area (Å²) in [6.45, 7) is 9.00. The van der Waals surface area contributed by atoms with Crippen molar-refractivity contribution in [2.75, 3.05) is 33.2 Å². The standard InChI is InChI=1S/C17H27ClN4O/c1-5-19-17(20-12-14-9-8-10-15(18)11-14)21(4)13-16(23)22(6-2)7-3/h8-11H,5-7,12-13H2,1-4H3,(H,19,20). The second-order valence-electron chi connectivity index (χ2n) is 5.22. The van der Waals surface area contributed by atoms with Crippen LogP contribution in [0.15, 0.2) is 29.3 Å². The van der Waals surface area contributed by atoms with E-state index < -0.39 is 0 Å². The highest BCUT2D eigenvalue weighted by Crippen LogP contribution is 2.11. The van der Waals surface area contributed by atoms with Gasteiger partial charge in [0.15, 0.2) is 5.96 Å². The number of amides is 1. The van der Waals surface area contributed by atoms with Crippen molar-refractivity contribution >= 4 is 23.5 Å². The number of guanidine groups is 1. The maximum atomic E-state index is 12.2. The van der Waals surface area contributed by atoms with Crippen LogP contribution in [0.5, 0.6) is 0 Å². The Bertz CT molecular complexity index is 529. The smallest absolute Gasteiger partial charge is 0.242 e. The van der Waals surface area contributed by atoms with E-state index in [1.807, 2.05) is 61.9 Å². The molecule has 23 heavy (non-hydrogen) atoms. The fourth-order valence-electron chi connectivity index (χ4n) is 2.23. The van der Waals surface area contributed by atoms with Gasteiger partial charge in [-0.25, -0.2) is 4.99 Å². The molecule has 0 spiro atoms. The van der Waals surface area contributed by atoms with Gasteiger partial charge >= 0.3 is 0 Å². The lowest BCUT2D eigenvalue weighted by Gasteiger charge is -2.25. The van der Waals surface area contributed by atoms with E-state index >= 15 is 0 Å². The Morgan fingerprint density at radius 3 is 2.52 bits per heavy atom. The first-order chi connectivity index (χ1) is 11.0. The number of benzene rings is 1. The Balaban J connectivity index is 2.75. The normalized spacial score (nSPS) is 11.3. The lowest BCUT2D eigenvalue weighted by Crippen LogP contribution is -2.45. The van der Waals surface area contributed by atoms with Crippen molar-refractivity contribution in [3.63, 3.8) is 0 Å². The van der Waals surface area contributed by atoms with E-state index in [1.165, 1.54) is 0 Å². The van der Waals surface area contributed by atoms with Gasteiger partial charge in [0.05, 0.1) is 13.1 Å². The molecule has 0 aromatic heterocycles. The Hall–Kier alpha value is -1.75. The fraction of sp³-hybridized carbons (Fsp3) is 0.529. The van der Waals surface area contributed by atoms with Crippen LogP contribution in [0.4, 0.5) is 0 Å². The minimum Gasteiger partial charge on any atom is -0.357 e. The van der Waals surface area contributed by atoms with Gasteiger partial charge < -0.3 is 15.1 Å².